The van der Waals surface area contributed by atoms with Crippen LogP contribution in [0, 0.1) is 20.8 Å². The summed E-state index contributed by atoms with van der Waals surface area (Å²) in [7, 11) is 0. The Labute approximate surface area is 194 Å². The molecule has 0 bridgehead atoms. The minimum absolute atomic E-state index is 0.00179. The Kier molecular flexibility index (Phi) is 9.11. The van der Waals surface area contributed by atoms with Crippen LogP contribution in [0.15, 0.2) is 40.9 Å². The molecule has 0 saturated carbocycles. The maximum absolute atomic E-state index is 13.3. The van der Waals surface area contributed by atoms with Crippen molar-refractivity contribution in [3.05, 3.63) is 63.1 Å². The SMILES string of the molecule is CC[C@@H](C(=O)NC(C)C)N(Cc1ccccc1C)C(=O)COc1cc(C)c(Br)c(C)c1. The van der Waals surface area contributed by atoms with Crippen LogP contribution in [0.5, 0.6) is 5.75 Å². The molecule has 5 nitrogen and oxygen atoms in total. The van der Waals surface area contributed by atoms with Gasteiger partial charge in [0.15, 0.2) is 6.61 Å². The number of hydrogen-bond donors (Lipinski definition) is 1. The van der Waals surface area contributed by atoms with Crippen molar-refractivity contribution < 1.29 is 14.3 Å². The number of aryl methyl sites for hydroxylation is 3. The largest absolute Gasteiger partial charge is 0.484 e. The molecule has 0 aliphatic rings. The summed E-state index contributed by atoms with van der Waals surface area (Å²) in [5, 5.41) is 2.95. The van der Waals surface area contributed by atoms with Gasteiger partial charge in [0.1, 0.15) is 11.8 Å². The lowest BCUT2D eigenvalue weighted by atomic mass is 10.1. The highest BCUT2D eigenvalue weighted by atomic mass is 79.9. The predicted molar refractivity (Wildman–Crippen MR) is 128 cm³/mol. The van der Waals surface area contributed by atoms with Gasteiger partial charge < -0.3 is 15.0 Å². The smallest absolute Gasteiger partial charge is 0.261 e. The lowest BCUT2D eigenvalue weighted by Crippen LogP contribution is -2.51. The zero-order valence-electron chi connectivity index (χ0n) is 19.3. The van der Waals surface area contributed by atoms with Crippen LogP contribution in [0.2, 0.25) is 0 Å². The van der Waals surface area contributed by atoms with E-state index in [9.17, 15) is 9.59 Å². The molecule has 0 aromatic heterocycles. The highest BCUT2D eigenvalue weighted by Gasteiger charge is 2.29. The Bertz CT molecular complexity index is 904. The van der Waals surface area contributed by atoms with Crippen molar-refractivity contribution in [1.29, 1.82) is 0 Å². The summed E-state index contributed by atoms with van der Waals surface area (Å²) in [6.45, 7) is 12.0. The third-order valence-electron chi connectivity index (χ3n) is 5.19. The van der Waals surface area contributed by atoms with E-state index < -0.39 is 6.04 Å². The fourth-order valence-corrected chi connectivity index (χ4v) is 3.72. The van der Waals surface area contributed by atoms with E-state index in [-0.39, 0.29) is 24.5 Å². The number of benzene rings is 2. The van der Waals surface area contributed by atoms with E-state index in [0.29, 0.717) is 18.7 Å². The van der Waals surface area contributed by atoms with Gasteiger partial charge in [0.25, 0.3) is 5.91 Å². The number of carbonyl (C=O) groups is 2. The Balaban J connectivity index is 2.26. The molecule has 0 aliphatic carbocycles. The molecule has 0 spiro atoms. The Morgan fingerprint density at radius 3 is 2.23 bits per heavy atom. The van der Waals surface area contributed by atoms with E-state index in [4.69, 9.17) is 4.74 Å². The van der Waals surface area contributed by atoms with Crippen molar-refractivity contribution in [3.63, 3.8) is 0 Å². The second-order valence-electron chi connectivity index (χ2n) is 8.20. The van der Waals surface area contributed by atoms with Gasteiger partial charge in [-0.05, 0) is 75.4 Å². The molecular formula is C25H33BrN2O3. The highest BCUT2D eigenvalue weighted by molar-refractivity contribution is 9.10. The lowest BCUT2D eigenvalue weighted by molar-refractivity contribution is -0.143. The van der Waals surface area contributed by atoms with Gasteiger partial charge >= 0.3 is 0 Å². The predicted octanol–water partition coefficient (Wildman–Crippen LogP) is 5.09. The van der Waals surface area contributed by atoms with Gasteiger partial charge in [0, 0.05) is 17.1 Å². The fourth-order valence-electron chi connectivity index (χ4n) is 3.49. The van der Waals surface area contributed by atoms with Crippen molar-refractivity contribution in [2.75, 3.05) is 6.61 Å². The standard InChI is InChI=1S/C25H33BrN2O3/c1-7-22(25(30)27-16(2)3)28(14-20-11-9-8-10-17(20)4)23(29)15-31-21-12-18(5)24(26)19(6)13-21/h8-13,16,22H,7,14-15H2,1-6H3,(H,27,30)/t22-/m0/s1. The Morgan fingerprint density at radius 1 is 1.06 bits per heavy atom. The van der Waals surface area contributed by atoms with Gasteiger partial charge in [-0.3, -0.25) is 9.59 Å². The molecular weight excluding hydrogens is 456 g/mol. The summed E-state index contributed by atoms with van der Waals surface area (Å²) >= 11 is 3.55. The average molecular weight is 489 g/mol. The first-order valence-corrected chi connectivity index (χ1v) is 11.5. The monoisotopic (exact) mass is 488 g/mol. The maximum atomic E-state index is 13.3. The van der Waals surface area contributed by atoms with E-state index in [0.717, 1.165) is 26.7 Å². The quantitative estimate of drug-likeness (QED) is 0.534. The molecule has 168 valence electrons. The number of nitrogens with zero attached hydrogens (tertiary/aromatic N) is 1. The van der Waals surface area contributed by atoms with Crippen molar-refractivity contribution in [3.8, 4) is 5.75 Å². The summed E-state index contributed by atoms with van der Waals surface area (Å²) in [5.41, 5.74) is 4.19. The molecule has 2 aromatic rings. The minimum atomic E-state index is -0.563. The van der Waals surface area contributed by atoms with Crippen LogP contribution in [0.4, 0.5) is 0 Å². The highest BCUT2D eigenvalue weighted by Crippen LogP contribution is 2.26. The van der Waals surface area contributed by atoms with E-state index in [1.54, 1.807) is 4.90 Å². The number of ether oxygens (including phenoxy) is 1. The molecule has 0 unspecified atom stereocenters. The van der Waals surface area contributed by atoms with E-state index in [1.807, 2.05) is 77.9 Å². The summed E-state index contributed by atoms with van der Waals surface area (Å²) in [6.07, 6.45) is 0.521. The molecule has 0 aliphatic heterocycles. The van der Waals surface area contributed by atoms with Gasteiger partial charge in [0.05, 0.1) is 0 Å². The third-order valence-corrected chi connectivity index (χ3v) is 6.44. The van der Waals surface area contributed by atoms with E-state index >= 15 is 0 Å². The van der Waals surface area contributed by atoms with Crippen LogP contribution < -0.4 is 10.1 Å². The normalized spacial score (nSPS) is 11.9. The van der Waals surface area contributed by atoms with Crippen LogP contribution in [0.1, 0.15) is 49.4 Å². The molecule has 2 amide bonds. The van der Waals surface area contributed by atoms with Gasteiger partial charge in [-0.25, -0.2) is 0 Å². The first-order chi connectivity index (χ1) is 14.6. The van der Waals surface area contributed by atoms with Gasteiger partial charge in [-0.15, -0.1) is 0 Å². The van der Waals surface area contributed by atoms with Gasteiger partial charge in [-0.2, -0.15) is 0 Å². The molecule has 0 saturated heterocycles. The number of carbonyl (C=O) groups excluding carboxylic acids is 2. The molecule has 0 radical (unpaired) electrons. The van der Waals surface area contributed by atoms with Gasteiger partial charge in [0.2, 0.25) is 5.91 Å². The number of nitrogens with one attached hydrogen (secondary N) is 1. The van der Waals surface area contributed by atoms with Crippen LogP contribution in [0.3, 0.4) is 0 Å². The average Bonchev–Trinajstić information content (AvgIpc) is 2.70. The summed E-state index contributed by atoms with van der Waals surface area (Å²) in [5.74, 6) is 0.282. The number of hydrogen-bond acceptors (Lipinski definition) is 3. The fraction of sp³-hybridized carbons (Fsp3) is 0.440. The minimum Gasteiger partial charge on any atom is -0.484 e. The van der Waals surface area contributed by atoms with Crippen molar-refractivity contribution in [2.45, 2.75) is 66.6 Å². The van der Waals surface area contributed by atoms with E-state index in [2.05, 4.69) is 21.2 Å². The number of rotatable bonds is 9. The van der Waals surface area contributed by atoms with Crippen LogP contribution in [0.25, 0.3) is 0 Å². The van der Waals surface area contributed by atoms with Crippen molar-refractivity contribution in [1.82, 2.24) is 10.2 Å². The molecule has 0 fully saturated rings. The summed E-state index contributed by atoms with van der Waals surface area (Å²) in [4.78, 5) is 27.8. The van der Waals surface area contributed by atoms with Crippen LogP contribution in [-0.4, -0.2) is 35.4 Å². The first kappa shape index (κ1) is 24.9. The topological polar surface area (TPSA) is 58.6 Å². The molecule has 1 N–H and O–H groups in total. The van der Waals surface area contributed by atoms with Crippen LogP contribution in [-0.2, 0) is 16.1 Å². The maximum Gasteiger partial charge on any atom is 0.261 e. The zero-order valence-corrected chi connectivity index (χ0v) is 20.9. The Hall–Kier alpha value is -2.34. The number of amides is 2. The van der Waals surface area contributed by atoms with Crippen LogP contribution >= 0.6 is 15.9 Å². The summed E-state index contributed by atoms with van der Waals surface area (Å²) in [6, 6.07) is 11.2. The molecule has 31 heavy (non-hydrogen) atoms. The molecule has 6 heteroatoms. The second kappa shape index (κ2) is 11.3. The second-order valence-corrected chi connectivity index (χ2v) is 8.99. The summed E-state index contributed by atoms with van der Waals surface area (Å²) < 4.78 is 6.88. The zero-order chi connectivity index (χ0) is 23.1. The van der Waals surface area contributed by atoms with Crippen molar-refractivity contribution >= 4 is 27.7 Å². The molecule has 2 aromatic carbocycles. The Morgan fingerprint density at radius 2 is 1.68 bits per heavy atom. The van der Waals surface area contributed by atoms with Gasteiger partial charge in [-0.1, -0.05) is 47.1 Å². The molecule has 1 atom stereocenters. The molecule has 2 rings (SSSR count). The number of halogens is 1. The first-order valence-electron chi connectivity index (χ1n) is 10.7. The van der Waals surface area contributed by atoms with Crippen molar-refractivity contribution in [2.24, 2.45) is 0 Å². The van der Waals surface area contributed by atoms with E-state index in [1.165, 1.54) is 0 Å². The third kappa shape index (κ3) is 6.82. The molecule has 0 heterocycles. The lowest BCUT2D eigenvalue weighted by Gasteiger charge is -2.31.